The Morgan fingerprint density at radius 2 is 2.00 bits per heavy atom. The first-order valence-electron chi connectivity index (χ1n) is 7.45. The van der Waals surface area contributed by atoms with Gasteiger partial charge in [-0.3, -0.25) is 0 Å². The van der Waals surface area contributed by atoms with Crippen molar-refractivity contribution in [3.05, 3.63) is 0 Å². The van der Waals surface area contributed by atoms with Gasteiger partial charge in [-0.2, -0.15) is 0 Å². The maximum absolute atomic E-state index is 11.7. The van der Waals surface area contributed by atoms with Gasteiger partial charge in [0, 0.05) is 19.2 Å². The molecule has 4 heteroatoms. The lowest BCUT2D eigenvalue weighted by Gasteiger charge is -2.32. The second kappa shape index (κ2) is 5.08. The Labute approximate surface area is 109 Å². The Morgan fingerprint density at radius 3 is 2.83 bits per heavy atom. The molecule has 2 amide bonds. The minimum absolute atomic E-state index is 0.0458. The van der Waals surface area contributed by atoms with Crippen molar-refractivity contribution in [2.75, 3.05) is 13.2 Å². The molecule has 0 aliphatic heterocycles. The molecule has 0 saturated heterocycles. The number of hydrogen-bond donors (Lipinski definition) is 3. The molecule has 3 saturated carbocycles. The third-order valence-corrected chi connectivity index (χ3v) is 5.37. The summed E-state index contributed by atoms with van der Waals surface area (Å²) in [5.41, 5.74) is 0. The van der Waals surface area contributed by atoms with E-state index in [0.717, 1.165) is 23.7 Å². The van der Waals surface area contributed by atoms with Crippen LogP contribution in [-0.4, -0.2) is 30.3 Å². The molecule has 3 aliphatic carbocycles. The Hall–Kier alpha value is -0.770. The number of aliphatic hydroxyl groups excluding tert-OH is 1. The van der Waals surface area contributed by atoms with Gasteiger partial charge in [0.1, 0.15) is 0 Å². The van der Waals surface area contributed by atoms with Crippen molar-refractivity contribution in [1.82, 2.24) is 10.6 Å². The summed E-state index contributed by atoms with van der Waals surface area (Å²) in [4.78, 5) is 11.7. The number of amides is 2. The maximum Gasteiger partial charge on any atom is 0.315 e. The SMILES string of the molecule is O=C(NCCCO)NC1CC2CC1C1CCCC21. The fourth-order valence-corrected chi connectivity index (χ4v) is 4.73. The first-order chi connectivity index (χ1) is 8.79. The lowest BCUT2D eigenvalue weighted by molar-refractivity contribution is 0.197. The zero-order valence-corrected chi connectivity index (χ0v) is 10.9. The van der Waals surface area contributed by atoms with Crippen molar-refractivity contribution in [3.8, 4) is 0 Å². The molecular formula is C14H24N2O2. The number of rotatable bonds is 4. The highest BCUT2D eigenvalue weighted by molar-refractivity contribution is 5.74. The number of urea groups is 1. The minimum Gasteiger partial charge on any atom is -0.396 e. The number of carbonyl (C=O) groups is 1. The van der Waals surface area contributed by atoms with E-state index in [-0.39, 0.29) is 12.6 Å². The molecule has 4 nitrogen and oxygen atoms in total. The van der Waals surface area contributed by atoms with Gasteiger partial charge in [0.15, 0.2) is 0 Å². The van der Waals surface area contributed by atoms with Crippen molar-refractivity contribution in [2.45, 2.75) is 44.6 Å². The smallest absolute Gasteiger partial charge is 0.315 e. The molecule has 5 atom stereocenters. The largest absolute Gasteiger partial charge is 0.396 e. The molecule has 3 N–H and O–H groups in total. The summed E-state index contributed by atoms with van der Waals surface area (Å²) in [6.45, 7) is 0.702. The van der Waals surface area contributed by atoms with Crippen LogP contribution in [-0.2, 0) is 0 Å². The molecule has 3 fully saturated rings. The van der Waals surface area contributed by atoms with Crippen molar-refractivity contribution >= 4 is 6.03 Å². The third-order valence-electron chi connectivity index (χ3n) is 5.37. The molecule has 0 aromatic carbocycles. The fourth-order valence-electron chi connectivity index (χ4n) is 4.73. The van der Waals surface area contributed by atoms with E-state index in [2.05, 4.69) is 10.6 Å². The standard InChI is InChI=1S/C14H24N2O2/c17-6-2-5-15-14(18)16-13-8-9-7-12(13)11-4-1-3-10(9)11/h9-13,17H,1-8H2,(H2,15,16,18). The molecule has 0 aromatic rings. The average Bonchev–Trinajstić information content (AvgIpc) is 3.00. The highest BCUT2D eigenvalue weighted by Gasteiger charge is 2.53. The Kier molecular flexibility index (Phi) is 3.46. The van der Waals surface area contributed by atoms with Crippen LogP contribution < -0.4 is 10.6 Å². The predicted molar refractivity (Wildman–Crippen MR) is 69.1 cm³/mol. The van der Waals surface area contributed by atoms with E-state index in [1.54, 1.807) is 0 Å². The van der Waals surface area contributed by atoms with Crippen LogP contribution in [0.25, 0.3) is 0 Å². The van der Waals surface area contributed by atoms with Gasteiger partial charge in [-0.25, -0.2) is 4.79 Å². The van der Waals surface area contributed by atoms with Crippen LogP contribution in [0.3, 0.4) is 0 Å². The van der Waals surface area contributed by atoms with Crippen LogP contribution in [0.1, 0.15) is 38.5 Å². The first kappa shape index (κ1) is 12.3. The summed E-state index contributed by atoms with van der Waals surface area (Å²) < 4.78 is 0. The molecule has 18 heavy (non-hydrogen) atoms. The van der Waals surface area contributed by atoms with E-state index >= 15 is 0 Å². The monoisotopic (exact) mass is 252 g/mol. The van der Waals surface area contributed by atoms with Crippen molar-refractivity contribution in [2.24, 2.45) is 23.7 Å². The Balaban J connectivity index is 1.49. The number of aliphatic hydroxyl groups is 1. The lowest BCUT2D eigenvalue weighted by Crippen LogP contribution is -2.47. The van der Waals surface area contributed by atoms with Gasteiger partial charge in [-0.05, 0) is 55.8 Å². The van der Waals surface area contributed by atoms with Crippen molar-refractivity contribution < 1.29 is 9.90 Å². The first-order valence-corrected chi connectivity index (χ1v) is 7.45. The summed E-state index contributed by atoms with van der Waals surface area (Å²) in [6.07, 6.45) is 7.39. The maximum atomic E-state index is 11.7. The van der Waals surface area contributed by atoms with Crippen LogP contribution >= 0.6 is 0 Å². The summed E-state index contributed by atoms with van der Waals surface area (Å²) in [6, 6.07) is 0.360. The number of carbonyl (C=O) groups excluding carboxylic acids is 1. The van der Waals surface area contributed by atoms with Gasteiger partial charge in [0.2, 0.25) is 0 Å². The third kappa shape index (κ3) is 2.11. The van der Waals surface area contributed by atoms with E-state index in [0.29, 0.717) is 19.0 Å². The van der Waals surface area contributed by atoms with E-state index in [9.17, 15) is 4.79 Å². The number of nitrogens with one attached hydrogen (secondary N) is 2. The topological polar surface area (TPSA) is 61.4 Å². The summed E-state index contributed by atoms with van der Waals surface area (Å²) in [5.74, 6) is 3.49. The van der Waals surface area contributed by atoms with Crippen LogP contribution in [0.4, 0.5) is 4.79 Å². The van der Waals surface area contributed by atoms with Gasteiger partial charge in [0.05, 0.1) is 0 Å². The van der Waals surface area contributed by atoms with Gasteiger partial charge >= 0.3 is 6.03 Å². The average molecular weight is 252 g/mol. The molecule has 0 spiro atoms. The highest BCUT2D eigenvalue weighted by Crippen LogP contribution is 2.58. The number of hydrogen-bond acceptors (Lipinski definition) is 2. The lowest BCUT2D eigenvalue weighted by atomic mass is 9.79. The van der Waals surface area contributed by atoms with E-state index in [4.69, 9.17) is 5.11 Å². The predicted octanol–water partition coefficient (Wildman–Crippen LogP) is 1.49. The summed E-state index contributed by atoms with van der Waals surface area (Å²) >= 11 is 0. The molecule has 3 rings (SSSR count). The van der Waals surface area contributed by atoms with Gasteiger partial charge in [0.25, 0.3) is 0 Å². The highest BCUT2D eigenvalue weighted by atomic mass is 16.3. The van der Waals surface area contributed by atoms with Gasteiger partial charge in [-0.1, -0.05) is 6.42 Å². The minimum atomic E-state index is -0.0458. The molecule has 2 bridgehead atoms. The van der Waals surface area contributed by atoms with Crippen LogP contribution in [0.5, 0.6) is 0 Å². The normalized spacial score (nSPS) is 40.8. The molecule has 5 unspecified atom stereocenters. The quantitative estimate of drug-likeness (QED) is 0.664. The van der Waals surface area contributed by atoms with Crippen LogP contribution in [0.15, 0.2) is 0 Å². The van der Waals surface area contributed by atoms with Crippen LogP contribution in [0.2, 0.25) is 0 Å². The molecule has 0 aromatic heterocycles. The zero-order chi connectivity index (χ0) is 12.5. The second-order valence-corrected chi connectivity index (χ2v) is 6.24. The van der Waals surface area contributed by atoms with E-state index in [1.165, 1.54) is 32.1 Å². The summed E-state index contributed by atoms with van der Waals surface area (Å²) in [7, 11) is 0. The number of fused-ring (bicyclic) bond motifs is 5. The van der Waals surface area contributed by atoms with Crippen LogP contribution in [0, 0.1) is 23.7 Å². The zero-order valence-electron chi connectivity index (χ0n) is 10.9. The van der Waals surface area contributed by atoms with Crippen molar-refractivity contribution in [1.29, 1.82) is 0 Å². The van der Waals surface area contributed by atoms with E-state index < -0.39 is 0 Å². The molecule has 3 aliphatic rings. The Bertz CT molecular complexity index is 321. The Morgan fingerprint density at radius 1 is 1.17 bits per heavy atom. The van der Waals surface area contributed by atoms with Gasteiger partial charge in [-0.15, -0.1) is 0 Å². The fraction of sp³-hybridized carbons (Fsp3) is 0.929. The van der Waals surface area contributed by atoms with Gasteiger partial charge < -0.3 is 15.7 Å². The van der Waals surface area contributed by atoms with Crippen molar-refractivity contribution in [3.63, 3.8) is 0 Å². The molecule has 0 heterocycles. The molecule has 102 valence electrons. The second-order valence-electron chi connectivity index (χ2n) is 6.24. The molecule has 0 radical (unpaired) electrons. The van der Waals surface area contributed by atoms with E-state index in [1.807, 2.05) is 0 Å². The summed E-state index contributed by atoms with van der Waals surface area (Å²) in [5, 5.41) is 14.7. The molecular weight excluding hydrogens is 228 g/mol.